The molecule has 1 aromatic rings. The summed E-state index contributed by atoms with van der Waals surface area (Å²) in [6.45, 7) is 0.696. The van der Waals surface area contributed by atoms with Gasteiger partial charge in [-0.1, -0.05) is 0 Å². The molecule has 18 heavy (non-hydrogen) atoms. The van der Waals surface area contributed by atoms with Crippen molar-refractivity contribution in [2.45, 2.75) is 12.8 Å². The third-order valence-corrected chi connectivity index (χ3v) is 3.01. The van der Waals surface area contributed by atoms with Gasteiger partial charge in [0, 0.05) is 19.3 Å². The van der Waals surface area contributed by atoms with Gasteiger partial charge in [-0.2, -0.15) is 0 Å². The third kappa shape index (κ3) is 2.36. The Morgan fingerprint density at radius 3 is 2.89 bits per heavy atom. The number of carbonyl (C=O) groups excluding carboxylic acids is 1. The van der Waals surface area contributed by atoms with Gasteiger partial charge >= 0.3 is 5.97 Å². The number of fused-ring (bicyclic) bond motifs is 1. The lowest BCUT2D eigenvalue weighted by Crippen LogP contribution is -2.37. The first-order chi connectivity index (χ1) is 8.63. The van der Waals surface area contributed by atoms with Gasteiger partial charge in [0.1, 0.15) is 6.61 Å². The van der Waals surface area contributed by atoms with Crippen molar-refractivity contribution in [3.63, 3.8) is 0 Å². The van der Waals surface area contributed by atoms with Gasteiger partial charge in [-0.15, -0.1) is 0 Å². The van der Waals surface area contributed by atoms with E-state index in [-0.39, 0.29) is 18.1 Å². The molecular weight excluding hydrogens is 234 g/mol. The van der Waals surface area contributed by atoms with Crippen molar-refractivity contribution < 1.29 is 19.4 Å². The predicted octanol–water partition coefficient (Wildman–Crippen LogP) is 1.31. The molecule has 1 N–H and O–H groups in total. The molecule has 1 heterocycles. The van der Waals surface area contributed by atoms with E-state index in [4.69, 9.17) is 9.84 Å². The Morgan fingerprint density at radius 2 is 2.22 bits per heavy atom. The average molecular weight is 249 g/mol. The van der Waals surface area contributed by atoms with Crippen LogP contribution in [0.5, 0.6) is 0 Å². The number of amides is 1. The lowest BCUT2D eigenvalue weighted by molar-refractivity contribution is -0.122. The molecule has 0 spiro atoms. The van der Waals surface area contributed by atoms with Crippen LogP contribution in [0.1, 0.15) is 22.3 Å². The quantitative estimate of drug-likeness (QED) is 0.877. The van der Waals surface area contributed by atoms with E-state index in [0.717, 1.165) is 24.1 Å². The Hall–Kier alpha value is -1.88. The summed E-state index contributed by atoms with van der Waals surface area (Å²) in [6, 6.07) is 4.87. The van der Waals surface area contributed by atoms with E-state index in [1.165, 1.54) is 13.2 Å². The highest BCUT2D eigenvalue weighted by Crippen LogP contribution is 2.28. The van der Waals surface area contributed by atoms with Crippen molar-refractivity contribution in [3.8, 4) is 0 Å². The standard InChI is InChI=1S/C13H15NO4/c1-18-8-12(15)14-6-2-3-9-7-10(13(16)17)4-5-11(9)14/h4-5,7H,2-3,6,8H2,1H3,(H,16,17). The van der Waals surface area contributed by atoms with E-state index in [1.54, 1.807) is 17.0 Å². The smallest absolute Gasteiger partial charge is 0.335 e. The van der Waals surface area contributed by atoms with Gasteiger partial charge in [-0.3, -0.25) is 4.79 Å². The molecule has 1 aromatic carbocycles. The molecule has 1 aliphatic heterocycles. The van der Waals surface area contributed by atoms with Crippen molar-refractivity contribution in [2.24, 2.45) is 0 Å². The molecule has 1 aliphatic rings. The zero-order chi connectivity index (χ0) is 13.1. The van der Waals surface area contributed by atoms with Crippen LogP contribution >= 0.6 is 0 Å². The van der Waals surface area contributed by atoms with Crippen molar-refractivity contribution >= 4 is 17.6 Å². The second kappa shape index (κ2) is 5.18. The number of anilines is 1. The summed E-state index contributed by atoms with van der Waals surface area (Å²) in [4.78, 5) is 24.4. The fourth-order valence-corrected chi connectivity index (χ4v) is 2.19. The lowest BCUT2D eigenvalue weighted by atomic mass is 9.99. The van der Waals surface area contributed by atoms with Crippen LogP contribution in [0.3, 0.4) is 0 Å². The number of methoxy groups -OCH3 is 1. The van der Waals surface area contributed by atoms with Crippen LogP contribution < -0.4 is 4.90 Å². The number of aromatic carboxylic acids is 1. The summed E-state index contributed by atoms with van der Waals surface area (Å²) >= 11 is 0. The molecule has 0 atom stereocenters. The molecule has 0 bridgehead atoms. The monoisotopic (exact) mass is 249 g/mol. The van der Waals surface area contributed by atoms with Crippen LogP contribution in [0.2, 0.25) is 0 Å². The fourth-order valence-electron chi connectivity index (χ4n) is 2.19. The zero-order valence-corrected chi connectivity index (χ0v) is 10.2. The maximum Gasteiger partial charge on any atom is 0.335 e. The molecular formula is C13H15NO4. The number of hydrogen-bond acceptors (Lipinski definition) is 3. The Balaban J connectivity index is 2.32. The number of rotatable bonds is 3. The number of aryl methyl sites for hydroxylation is 1. The van der Waals surface area contributed by atoms with Gasteiger partial charge in [-0.25, -0.2) is 4.79 Å². The van der Waals surface area contributed by atoms with E-state index >= 15 is 0 Å². The topological polar surface area (TPSA) is 66.8 Å². The van der Waals surface area contributed by atoms with Crippen molar-refractivity contribution in [3.05, 3.63) is 29.3 Å². The number of ether oxygens (including phenoxy) is 1. The van der Waals surface area contributed by atoms with Gasteiger partial charge in [0.05, 0.1) is 5.56 Å². The fraction of sp³-hybridized carbons (Fsp3) is 0.385. The first-order valence-electron chi connectivity index (χ1n) is 5.79. The van der Waals surface area contributed by atoms with Gasteiger partial charge < -0.3 is 14.7 Å². The van der Waals surface area contributed by atoms with E-state index in [2.05, 4.69) is 0 Å². The van der Waals surface area contributed by atoms with Crippen LogP contribution in [-0.2, 0) is 16.0 Å². The number of carbonyl (C=O) groups is 2. The zero-order valence-electron chi connectivity index (χ0n) is 10.2. The Labute approximate surface area is 105 Å². The van der Waals surface area contributed by atoms with E-state index < -0.39 is 5.97 Å². The highest BCUT2D eigenvalue weighted by Gasteiger charge is 2.23. The molecule has 2 rings (SSSR count). The minimum atomic E-state index is -0.946. The Bertz CT molecular complexity index is 484. The average Bonchev–Trinajstić information content (AvgIpc) is 2.37. The van der Waals surface area contributed by atoms with E-state index in [1.807, 2.05) is 0 Å². The summed E-state index contributed by atoms with van der Waals surface area (Å²) in [5.74, 6) is -1.04. The molecule has 0 aromatic heterocycles. The van der Waals surface area contributed by atoms with Gasteiger partial charge in [0.2, 0.25) is 0 Å². The van der Waals surface area contributed by atoms with Gasteiger partial charge in [-0.05, 0) is 36.6 Å². The summed E-state index contributed by atoms with van der Waals surface area (Å²) in [7, 11) is 1.48. The highest BCUT2D eigenvalue weighted by atomic mass is 16.5. The van der Waals surface area contributed by atoms with Crippen LogP contribution in [0.25, 0.3) is 0 Å². The molecule has 0 unspecified atom stereocenters. The Morgan fingerprint density at radius 1 is 1.44 bits per heavy atom. The summed E-state index contributed by atoms with van der Waals surface area (Å²) < 4.78 is 4.85. The molecule has 0 aliphatic carbocycles. The maximum atomic E-state index is 11.9. The van der Waals surface area contributed by atoms with E-state index in [9.17, 15) is 9.59 Å². The number of carboxylic acid groups (broad SMARTS) is 1. The van der Waals surface area contributed by atoms with Crippen molar-refractivity contribution in [2.75, 3.05) is 25.2 Å². The lowest BCUT2D eigenvalue weighted by Gasteiger charge is -2.29. The number of hydrogen-bond donors (Lipinski definition) is 1. The van der Waals surface area contributed by atoms with Crippen LogP contribution in [0, 0.1) is 0 Å². The summed E-state index contributed by atoms with van der Waals surface area (Å²) in [6.07, 6.45) is 1.64. The van der Waals surface area contributed by atoms with Gasteiger partial charge in [0.25, 0.3) is 5.91 Å². The van der Waals surface area contributed by atoms with Crippen LogP contribution in [-0.4, -0.2) is 37.2 Å². The number of benzene rings is 1. The van der Waals surface area contributed by atoms with Crippen molar-refractivity contribution in [1.82, 2.24) is 0 Å². The first-order valence-corrected chi connectivity index (χ1v) is 5.79. The minimum Gasteiger partial charge on any atom is -0.478 e. The molecule has 0 saturated heterocycles. The second-order valence-corrected chi connectivity index (χ2v) is 4.23. The maximum absolute atomic E-state index is 11.9. The molecule has 0 saturated carbocycles. The van der Waals surface area contributed by atoms with Crippen molar-refractivity contribution in [1.29, 1.82) is 0 Å². The second-order valence-electron chi connectivity index (χ2n) is 4.23. The molecule has 0 fully saturated rings. The molecule has 96 valence electrons. The molecule has 1 amide bonds. The van der Waals surface area contributed by atoms with Gasteiger partial charge in [0.15, 0.2) is 0 Å². The summed E-state index contributed by atoms with van der Waals surface area (Å²) in [5.41, 5.74) is 1.97. The first kappa shape index (κ1) is 12.6. The number of carboxylic acids is 1. The summed E-state index contributed by atoms with van der Waals surface area (Å²) in [5, 5.41) is 8.95. The SMILES string of the molecule is COCC(=O)N1CCCc2cc(C(=O)O)ccc21. The predicted molar refractivity (Wildman–Crippen MR) is 66.0 cm³/mol. The molecule has 0 radical (unpaired) electrons. The minimum absolute atomic E-state index is 0.0418. The van der Waals surface area contributed by atoms with Crippen LogP contribution in [0.4, 0.5) is 5.69 Å². The number of nitrogens with zero attached hydrogens (tertiary/aromatic N) is 1. The Kier molecular flexibility index (Phi) is 3.62. The largest absolute Gasteiger partial charge is 0.478 e. The normalized spacial score (nSPS) is 14.2. The third-order valence-electron chi connectivity index (χ3n) is 3.01. The van der Waals surface area contributed by atoms with E-state index in [0.29, 0.717) is 6.54 Å². The molecule has 5 heteroatoms. The molecule has 5 nitrogen and oxygen atoms in total. The van der Waals surface area contributed by atoms with Crippen LogP contribution in [0.15, 0.2) is 18.2 Å². The highest BCUT2D eigenvalue weighted by molar-refractivity contribution is 5.96.